The van der Waals surface area contributed by atoms with Crippen LogP contribution in [0.1, 0.15) is 341 Å². The molecule has 0 saturated heterocycles. The molecule has 0 aromatic heterocycles. The van der Waals surface area contributed by atoms with Gasteiger partial charge in [0, 0.05) is 12.8 Å². The van der Waals surface area contributed by atoms with Crippen LogP contribution < -0.4 is 5.32 Å². The molecule has 1 amide bonds. The molecule has 6 heteroatoms. The Morgan fingerprint density at radius 3 is 1.07 bits per heavy atom. The minimum absolute atomic E-state index is 0.0161. The highest BCUT2D eigenvalue weighted by atomic mass is 16.5. The zero-order chi connectivity index (χ0) is 52.9. The zero-order valence-corrected chi connectivity index (χ0v) is 48.9. The van der Waals surface area contributed by atoms with Gasteiger partial charge in [0.25, 0.3) is 0 Å². The number of allylic oxidation sites excluding steroid dienone is 7. The smallest absolute Gasteiger partial charge is 0.305 e. The summed E-state index contributed by atoms with van der Waals surface area (Å²) < 4.78 is 5.47. The highest BCUT2D eigenvalue weighted by Crippen LogP contribution is 2.17. The van der Waals surface area contributed by atoms with Gasteiger partial charge in [-0.05, 0) is 89.9 Å². The van der Waals surface area contributed by atoms with Crippen LogP contribution in [0, 0.1) is 0 Å². The van der Waals surface area contributed by atoms with Gasteiger partial charge in [0.15, 0.2) is 0 Å². The molecule has 2 unspecified atom stereocenters. The molecule has 0 aromatic carbocycles. The minimum Gasteiger partial charge on any atom is -0.466 e. The topological polar surface area (TPSA) is 95.9 Å². The Hall–Kier alpha value is -2.18. The van der Waals surface area contributed by atoms with Gasteiger partial charge in [-0.3, -0.25) is 9.59 Å². The molecule has 0 heterocycles. The molecule has 0 aromatic rings. The second kappa shape index (κ2) is 62.4. The SMILES string of the molecule is CCCCCC/C=C\C/C=C\CCCCCCCC(=O)OCCCCCCCC/C=C\CCCCCCCCCC(=O)NC(CO)C(O)/C=C/CCCCCCCCCCCCCCCCCCCCCCC. The maximum atomic E-state index is 12.5. The number of aliphatic hydroxyl groups excluding tert-OH is 2. The molecule has 3 N–H and O–H groups in total. The van der Waals surface area contributed by atoms with Crippen LogP contribution in [0.5, 0.6) is 0 Å². The van der Waals surface area contributed by atoms with Gasteiger partial charge >= 0.3 is 5.97 Å². The fourth-order valence-electron chi connectivity index (χ4n) is 9.84. The molecule has 0 aliphatic rings. The highest BCUT2D eigenvalue weighted by Gasteiger charge is 2.18. The lowest BCUT2D eigenvalue weighted by molar-refractivity contribution is -0.143. The monoisotopic (exact) mass is 1020 g/mol. The van der Waals surface area contributed by atoms with Crippen LogP contribution >= 0.6 is 0 Å². The third-order valence-electron chi connectivity index (χ3n) is 14.8. The van der Waals surface area contributed by atoms with E-state index in [9.17, 15) is 19.8 Å². The molecule has 0 rings (SSSR count). The minimum atomic E-state index is -0.855. The molecule has 0 fully saturated rings. The van der Waals surface area contributed by atoms with Crippen molar-refractivity contribution >= 4 is 11.9 Å². The fraction of sp³-hybridized carbons (Fsp3) is 0.851. The summed E-state index contributed by atoms with van der Waals surface area (Å²) >= 11 is 0. The van der Waals surface area contributed by atoms with Crippen LogP contribution in [0.2, 0.25) is 0 Å². The fourth-order valence-corrected chi connectivity index (χ4v) is 9.84. The van der Waals surface area contributed by atoms with Gasteiger partial charge in [-0.1, -0.05) is 287 Å². The van der Waals surface area contributed by atoms with Crippen LogP contribution in [0.15, 0.2) is 48.6 Å². The van der Waals surface area contributed by atoms with E-state index in [1.54, 1.807) is 6.08 Å². The molecule has 0 radical (unpaired) electrons. The molecule has 2 atom stereocenters. The van der Waals surface area contributed by atoms with Crippen molar-refractivity contribution in [1.29, 1.82) is 0 Å². The van der Waals surface area contributed by atoms with Crippen LogP contribution in [0.3, 0.4) is 0 Å². The summed E-state index contributed by atoms with van der Waals surface area (Å²) in [6, 6.07) is -0.640. The molecule has 73 heavy (non-hydrogen) atoms. The average Bonchev–Trinajstić information content (AvgIpc) is 3.39. The average molecular weight is 1020 g/mol. The summed E-state index contributed by atoms with van der Waals surface area (Å²) in [4.78, 5) is 24.6. The van der Waals surface area contributed by atoms with E-state index in [0.29, 0.717) is 19.4 Å². The predicted octanol–water partition coefficient (Wildman–Crippen LogP) is 20.5. The largest absolute Gasteiger partial charge is 0.466 e. The van der Waals surface area contributed by atoms with E-state index >= 15 is 0 Å². The van der Waals surface area contributed by atoms with Gasteiger partial charge in [0.2, 0.25) is 5.91 Å². The van der Waals surface area contributed by atoms with E-state index in [4.69, 9.17) is 4.74 Å². The first-order valence-electron chi connectivity index (χ1n) is 32.4. The Bertz CT molecular complexity index is 1230. The van der Waals surface area contributed by atoms with Crippen molar-refractivity contribution in [1.82, 2.24) is 5.32 Å². The number of hydrogen-bond donors (Lipinski definition) is 3. The zero-order valence-electron chi connectivity index (χ0n) is 48.9. The number of esters is 1. The van der Waals surface area contributed by atoms with Crippen molar-refractivity contribution < 1.29 is 24.5 Å². The lowest BCUT2D eigenvalue weighted by Gasteiger charge is -2.20. The number of nitrogens with one attached hydrogen (secondary N) is 1. The predicted molar refractivity (Wildman–Crippen MR) is 319 cm³/mol. The summed E-state index contributed by atoms with van der Waals surface area (Å²) in [7, 11) is 0. The summed E-state index contributed by atoms with van der Waals surface area (Å²) in [6.07, 6.45) is 80.1. The van der Waals surface area contributed by atoms with Crippen LogP contribution in [-0.4, -0.2) is 47.4 Å². The summed E-state index contributed by atoms with van der Waals surface area (Å²) in [5.74, 6) is -0.0942. The molecule has 428 valence electrons. The quantitative estimate of drug-likeness (QED) is 0.0320. The third-order valence-corrected chi connectivity index (χ3v) is 14.8. The maximum Gasteiger partial charge on any atom is 0.305 e. The second-order valence-electron chi connectivity index (χ2n) is 22.1. The first-order chi connectivity index (χ1) is 36.0. The van der Waals surface area contributed by atoms with Crippen molar-refractivity contribution in [3.8, 4) is 0 Å². The standard InChI is InChI=1S/C67H125NO5/c1-3-5-7-9-11-13-15-17-19-21-22-23-24-25-26-28-31-35-39-43-47-51-55-59-65(70)64(63-69)68-66(71)60-56-52-48-44-40-36-32-29-27-30-34-38-42-46-50-54-58-62-73-67(72)61-57-53-49-45-41-37-33-20-18-16-14-12-10-8-6-4-2/h14,16,20,27,30,33,55,59,64-65,69-70H,3-13,15,17-19,21-26,28-29,31-32,34-54,56-58,60-63H2,1-2H3,(H,68,71)/b16-14-,30-27-,33-20-,59-55+. The van der Waals surface area contributed by atoms with E-state index < -0.39 is 12.1 Å². The van der Waals surface area contributed by atoms with E-state index in [-0.39, 0.29) is 18.5 Å². The third kappa shape index (κ3) is 58.9. The Morgan fingerprint density at radius 1 is 0.384 bits per heavy atom. The Labute approximate surface area is 455 Å². The Kier molecular flexibility index (Phi) is 60.5. The second-order valence-corrected chi connectivity index (χ2v) is 22.1. The van der Waals surface area contributed by atoms with Gasteiger partial charge in [-0.25, -0.2) is 0 Å². The van der Waals surface area contributed by atoms with E-state index in [1.807, 2.05) is 6.08 Å². The maximum absolute atomic E-state index is 12.5. The number of carbonyl (C=O) groups is 2. The number of carbonyl (C=O) groups excluding carboxylic acids is 2. The van der Waals surface area contributed by atoms with Gasteiger partial charge < -0.3 is 20.3 Å². The van der Waals surface area contributed by atoms with Gasteiger partial charge in [-0.2, -0.15) is 0 Å². The molecule has 0 aliphatic carbocycles. The molecule has 0 saturated carbocycles. The van der Waals surface area contributed by atoms with Crippen molar-refractivity contribution in [3.63, 3.8) is 0 Å². The number of ether oxygens (including phenoxy) is 1. The first kappa shape index (κ1) is 70.8. The number of aliphatic hydroxyl groups is 2. The Balaban J connectivity index is 3.49. The van der Waals surface area contributed by atoms with Crippen LogP contribution in [-0.2, 0) is 14.3 Å². The van der Waals surface area contributed by atoms with Crippen LogP contribution in [0.25, 0.3) is 0 Å². The summed E-state index contributed by atoms with van der Waals surface area (Å²) in [5.41, 5.74) is 0. The van der Waals surface area contributed by atoms with Crippen molar-refractivity contribution in [3.05, 3.63) is 48.6 Å². The van der Waals surface area contributed by atoms with E-state index in [1.165, 1.54) is 250 Å². The lowest BCUT2D eigenvalue weighted by atomic mass is 10.0. The Morgan fingerprint density at radius 2 is 0.685 bits per heavy atom. The first-order valence-corrected chi connectivity index (χ1v) is 32.4. The van der Waals surface area contributed by atoms with E-state index in [2.05, 4.69) is 55.6 Å². The molecular weight excluding hydrogens is 899 g/mol. The highest BCUT2D eigenvalue weighted by molar-refractivity contribution is 5.76. The summed E-state index contributed by atoms with van der Waals surface area (Å²) in [6.45, 7) is 4.88. The van der Waals surface area contributed by atoms with Crippen molar-refractivity contribution in [2.45, 2.75) is 353 Å². The van der Waals surface area contributed by atoms with Gasteiger partial charge in [-0.15, -0.1) is 0 Å². The molecule has 0 bridgehead atoms. The number of unbranched alkanes of at least 4 members (excludes halogenated alkanes) is 43. The number of hydrogen-bond acceptors (Lipinski definition) is 5. The van der Waals surface area contributed by atoms with Crippen molar-refractivity contribution in [2.24, 2.45) is 0 Å². The molecular formula is C67H125NO5. The molecule has 0 spiro atoms. The van der Waals surface area contributed by atoms with E-state index in [0.717, 1.165) is 64.2 Å². The molecule has 0 aliphatic heterocycles. The van der Waals surface area contributed by atoms with Gasteiger partial charge in [0.05, 0.1) is 25.4 Å². The summed E-state index contributed by atoms with van der Waals surface area (Å²) in [5, 5.41) is 23.2. The molecule has 6 nitrogen and oxygen atoms in total. The number of amides is 1. The normalized spacial score (nSPS) is 12.9. The van der Waals surface area contributed by atoms with Gasteiger partial charge in [0.1, 0.15) is 0 Å². The van der Waals surface area contributed by atoms with Crippen LogP contribution in [0.4, 0.5) is 0 Å². The van der Waals surface area contributed by atoms with Crippen molar-refractivity contribution in [2.75, 3.05) is 13.2 Å². The number of rotatable bonds is 60. The lowest BCUT2D eigenvalue weighted by Crippen LogP contribution is -2.45.